The maximum absolute atomic E-state index is 12.9. The first-order chi connectivity index (χ1) is 14.1. The largest absolute Gasteiger partial charge is 0.338 e. The molecule has 1 unspecified atom stereocenters. The van der Waals surface area contributed by atoms with E-state index in [0.29, 0.717) is 18.4 Å². The molecule has 1 aromatic carbocycles. The first-order valence-electron chi connectivity index (χ1n) is 10.8. The molecule has 2 fully saturated rings. The number of rotatable bonds is 6. The number of likely N-dealkylation sites (tertiary alicyclic amines) is 2. The van der Waals surface area contributed by atoms with Gasteiger partial charge in [0.2, 0.25) is 0 Å². The molecule has 2 aromatic rings. The van der Waals surface area contributed by atoms with Crippen LogP contribution in [0.4, 0.5) is 0 Å². The van der Waals surface area contributed by atoms with E-state index >= 15 is 0 Å². The van der Waals surface area contributed by atoms with Crippen molar-refractivity contribution in [1.29, 1.82) is 0 Å². The lowest BCUT2D eigenvalue weighted by Gasteiger charge is -2.32. The van der Waals surface area contributed by atoms with Crippen LogP contribution < -0.4 is 4.90 Å². The molecule has 7 heteroatoms. The SMILES string of the molecule is C[C@@H]1CCCN(C(=O)C[NH+]2CCC[C@@H]2c2nnc(SCc3ccccc3)n2C)C1. The zero-order chi connectivity index (χ0) is 20.2. The molecule has 1 N–H and O–H groups in total. The third kappa shape index (κ3) is 4.83. The molecule has 0 bridgehead atoms. The van der Waals surface area contributed by atoms with Gasteiger partial charge in [-0.2, -0.15) is 0 Å². The van der Waals surface area contributed by atoms with Gasteiger partial charge in [-0.05, 0) is 24.3 Å². The Bertz CT molecular complexity index is 824. The number of quaternary nitrogens is 1. The highest BCUT2D eigenvalue weighted by Crippen LogP contribution is 2.25. The number of nitrogens with one attached hydrogen (secondary N) is 1. The van der Waals surface area contributed by atoms with Crippen molar-refractivity contribution in [1.82, 2.24) is 19.7 Å². The fraction of sp³-hybridized carbons (Fsp3) is 0.591. The molecular formula is C22H32N5OS+. The molecule has 0 radical (unpaired) electrons. The second-order valence-corrected chi connectivity index (χ2v) is 9.48. The van der Waals surface area contributed by atoms with E-state index in [1.807, 2.05) is 6.07 Å². The van der Waals surface area contributed by atoms with E-state index in [4.69, 9.17) is 0 Å². The first-order valence-corrected chi connectivity index (χ1v) is 11.8. The molecule has 0 spiro atoms. The van der Waals surface area contributed by atoms with E-state index in [2.05, 4.69) is 57.9 Å². The Balaban J connectivity index is 1.39. The number of hydrogen-bond acceptors (Lipinski definition) is 4. The summed E-state index contributed by atoms with van der Waals surface area (Å²) in [6.45, 7) is 5.71. The molecule has 2 saturated heterocycles. The van der Waals surface area contributed by atoms with E-state index in [0.717, 1.165) is 55.6 Å². The van der Waals surface area contributed by atoms with Crippen molar-refractivity contribution < 1.29 is 9.69 Å². The Kier molecular flexibility index (Phi) is 6.55. The Morgan fingerprint density at radius 2 is 2.03 bits per heavy atom. The zero-order valence-corrected chi connectivity index (χ0v) is 18.3. The van der Waals surface area contributed by atoms with Gasteiger partial charge < -0.3 is 14.4 Å². The summed E-state index contributed by atoms with van der Waals surface area (Å²) in [4.78, 5) is 16.3. The number of amides is 1. The minimum atomic E-state index is 0.268. The van der Waals surface area contributed by atoms with E-state index in [1.165, 1.54) is 16.9 Å². The molecule has 1 amide bonds. The standard InChI is InChI=1S/C22H31N5OS/c1-17-8-6-13-27(14-17)20(28)15-26-12-7-11-19(26)21-23-24-22(25(21)2)29-16-18-9-4-3-5-10-18/h3-5,9-10,17,19H,6-8,11-16H2,1-2H3/p+1/t17-,19-/m1/s1. The molecule has 6 nitrogen and oxygen atoms in total. The van der Waals surface area contributed by atoms with E-state index in [-0.39, 0.29) is 6.04 Å². The van der Waals surface area contributed by atoms with Crippen LogP contribution in [0.5, 0.6) is 0 Å². The minimum absolute atomic E-state index is 0.268. The summed E-state index contributed by atoms with van der Waals surface area (Å²) in [5, 5.41) is 9.94. The lowest BCUT2D eigenvalue weighted by molar-refractivity contribution is -0.911. The van der Waals surface area contributed by atoms with Gasteiger partial charge in [0, 0.05) is 38.7 Å². The maximum atomic E-state index is 12.9. The van der Waals surface area contributed by atoms with E-state index in [1.54, 1.807) is 11.8 Å². The molecule has 0 saturated carbocycles. The Labute approximate surface area is 177 Å². The number of benzene rings is 1. The second-order valence-electron chi connectivity index (χ2n) is 8.54. The van der Waals surface area contributed by atoms with Gasteiger partial charge in [0.15, 0.2) is 17.5 Å². The summed E-state index contributed by atoms with van der Waals surface area (Å²) in [6, 6.07) is 10.7. The van der Waals surface area contributed by atoms with Crippen LogP contribution in [-0.2, 0) is 17.6 Å². The summed E-state index contributed by atoms with van der Waals surface area (Å²) in [6.07, 6.45) is 4.60. The molecule has 4 rings (SSSR count). The third-order valence-corrected chi connectivity index (χ3v) is 7.35. The lowest BCUT2D eigenvalue weighted by atomic mass is 10.0. The molecule has 2 aliphatic rings. The van der Waals surface area contributed by atoms with Gasteiger partial charge in [0.1, 0.15) is 6.04 Å². The van der Waals surface area contributed by atoms with Gasteiger partial charge in [-0.25, -0.2) is 0 Å². The molecule has 29 heavy (non-hydrogen) atoms. The van der Waals surface area contributed by atoms with Gasteiger partial charge in [-0.15, -0.1) is 10.2 Å². The highest BCUT2D eigenvalue weighted by Gasteiger charge is 2.36. The molecule has 2 aliphatic heterocycles. The molecule has 3 heterocycles. The van der Waals surface area contributed by atoms with Crippen molar-refractivity contribution in [3.63, 3.8) is 0 Å². The Morgan fingerprint density at radius 1 is 1.21 bits per heavy atom. The van der Waals surface area contributed by atoms with Gasteiger partial charge in [0.25, 0.3) is 5.91 Å². The first kappa shape index (κ1) is 20.4. The Hall–Kier alpha value is -1.86. The smallest absolute Gasteiger partial charge is 0.277 e. The Morgan fingerprint density at radius 3 is 2.83 bits per heavy atom. The minimum Gasteiger partial charge on any atom is -0.338 e. The van der Waals surface area contributed by atoms with Gasteiger partial charge in [0.05, 0.1) is 6.54 Å². The fourth-order valence-electron chi connectivity index (χ4n) is 4.63. The highest BCUT2D eigenvalue weighted by molar-refractivity contribution is 7.98. The third-order valence-electron chi connectivity index (χ3n) is 6.26. The van der Waals surface area contributed by atoms with Crippen LogP contribution in [0.1, 0.15) is 50.0 Å². The van der Waals surface area contributed by atoms with Crippen molar-refractivity contribution >= 4 is 17.7 Å². The predicted molar refractivity (Wildman–Crippen MR) is 115 cm³/mol. The summed E-state index contributed by atoms with van der Waals surface area (Å²) >= 11 is 1.72. The average molecular weight is 415 g/mol. The van der Waals surface area contributed by atoms with Crippen LogP contribution in [0.15, 0.2) is 35.5 Å². The fourth-order valence-corrected chi connectivity index (χ4v) is 5.51. The number of thioether (sulfide) groups is 1. The summed E-state index contributed by atoms with van der Waals surface area (Å²) in [7, 11) is 2.06. The zero-order valence-electron chi connectivity index (χ0n) is 17.5. The normalized spacial score (nSPS) is 24.8. The number of carbonyl (C=O) groups is 1. The van der Waals surface area contributed by atoms with Gasteiger partial charge >= 0.3 is 0 Å². The van der Waals surface area contributed by atoms with Crippen LogP contribution >= 0.6 is 11.8 Å². The topological polar surface area (TPSA) is 55.5 Å². The van der Waals surface area contributed by atoms with Gasteiger partial charge in [-0.1, -0.05) is 49.0 Å². The van der Waals surface area contributed by atoms with Crippen molar-refractivity contribution in [3.8, 4) is 0 Å². The van der Waals surface area contributed by atoms with E-state index in [9.17, 15) is 4.79 Å². The van der Waals surface area contributed by atoms with Crippen LogP contribution in [0.2, 0.25) is 0 Å². The number of aromatic nitrogens is 3. The van der Waals surface area contributed by atoms with Crippen molar-refractivity contribution in [3.05, 3.63) is 41.7 Å². The number of piperidine rings is 1. The molecular weight excluding hydrogens is 382 g/mol. The number of nitrogens with zero attached hydrogens (tertiary/aromatic N) is 4. The lowest BCUT2D eigenvalue weighted by Crippen LogP contribution is -3.11. The van der Waals surface area contributed by atoms with Crippen LogP contribution in [0.3, 0.4) is 0 Å². The molecule has 1 aromatic heterocycles. The maximum Gasteiger partial charge on any atom is 0.277 e. The average Bonchev–Trinajstić information content (AvgIpc) is 3.33. The van der Waals surface area contributed by atoms with Crippen LogP contribution in [0.25, 0.3) is 0 Å². The van der Waals surface area contributed by atoms with Crippen molar-refractivity contribution in [2.75, 3.05) is 26.2 Å². The van der Waals surface area contributed by atoms with E-state index < -0.39 is 0 Å². The van der Waals surface area contributed by atoms with Crippen LogP contribution in [-0.4, -0.2) is 51.8 Å². The monoisotopic (exact) mass is 414 g/mol. The second kappa shape index (κ2) is 9.30. The molecule has 156 valence electrons. The summed E-state index contributed by atoms with van der Waals surface area (Å²) in [5.41, 5.74) is 1.29. The predicted octanol–water partition coefficient (Wildman–Crippen LogP) is 2.09. The quantitative estimate of drug-likeness (QED) is 0.736. The van der Waals surface area contributed by atoms with Gasteiger partial charge in [-0.3, -0.25) is 4.79 Å². The summed E-state index contributed by atoms with van der Waals surface area (Å²) in [5.74, 6) is 2.84. The van der Waals surface area contributed by atoms with Crippen LogP contribution in [0, 0.1) is 5.92 Å². The van der Waals surface area contributed by atoms with Crippen molar-refractivity contribution in [2.24, 2.45) is 13.0 Å². The summed E-state index contributed by atoms with van der Waals surface area (Å²) < 4.78 is 2.14. The number of carbonyl (C=O) groups excluding carboxylic acids is 1. The molecule has 3 atom stereocenters. The molecule has 0 aliphatic carbocycles. The highest BCUT2D eigenvalue weighted by atomic mass is 32.2. The van der Waals surface area contributed by atoms with Crippen molar-refractivity contribution in [2.45, 2.75) is 49.6 Å². The number of hydrogen-bond donors (Lipinski definition) is 1.